The molecule has 100 valence electrons. The lowest BCUT2D eigenvalue weighted by molar-refractivity contribution is -0.117. The first kappa shape index (κ1) is 13.0. The van der Waals surface area contributed by atoms with Gasteiger partial charge in [-0.3, -0.25) is 9.69 Å². The Morgan fingerprint density at radius 2 is 2.22 bits per heavy atom. The van der Waals surface area contributed by atoms with E-state index in [2.05, 4.69) is 5.16 Å². The number of carbonyl (C=O) groups is 1. The maximum atomic E-state index is 12.8. The number of rotatable bonds is 3. The number of hydrogen-bond donors (Lipinski definition) is 0. The minimum absolute atomic E-state index is 0.126. The minimum Gasteiger partial charge on any atom is -0.338 e. The van der Waals surface area contributed by atoms with Crippen LogP contribution in [0.4, 0.5) is 9.77 Å². The van der Waals surface area contributed by atoms with Gasteiger partial charge in [0.1, 0.15) is 5.25 Å². The van der Waals surface area contributed by atoms with Crippen molar-refractivity contribution in [2.45, 2.75) is 31.4 Å². The van der Waals surface area contributed by atoms with Gasteiger partial charge in [0.2, 0.25) is 11.8 Å². The zero-order valence-corrected chi connectivity index (χ0v) is 10.8. The maximum absolute atomic E-state index is 12.8. The van der Waals surface area contributed by atoms with Crippen LogP contribution in [0.15, 0.2) is 10.6 Å². The quantitative estimate of drug-likeness (QED) is 0.775. The molecule has 0 saturated carbocycles. The molecule has 0 spiro atoms. The highest BCUT2D eigenvalue weighted by Crippen LogP contribution is 2.28. The molecule has 6 nitrogen and oxygen atoms in total. The molecule has 1 aromatic heterocycles. The van der Waals surface area contributed by atoms with Gasteiger partial charge in [-0.25, -0.2) is 0 Å². The second-order valence-electron chi connectivity index (χ2n) is 4.55. The third-order valence-corrected chi connectivity index (χ3v) is 3.97. The molecular formula is C10H13FN2O4S. The highest BCUT2D eigenvalue weighted by Gasteiger charge is 2.40. The molecule has 1 fully saturated rings. The highest BCUT2D eigenvalue weighted by molar-refractivity contribution is 7.87. The molecule has 1 amide bonds. The molecule has 2 heterocycles. The van der Waals surface area contributed by atoms with Crippen LogP contribution in [0.3, 0.4) is 0 Å². The summed E-state index contributed by atoms with van der Waals surface area (Å²) in [4.78, 5) is 12.7. The fraction of sp³-hybridized carbons (Fsp3) is 0.600. The summed E-state index contributed by atoms with van der Waals surface area (Å²) in [5.41, 5.74) is 0.657. The van der Waals surface area contributed by atoms with Crippen molar-refractivity contribution < 1.29 is 21.6 Å². The van der Waals surface area contributed by atoms with E-state index in [9.17, 15) is 17.1 Å². The second-order valence-corrected chi connectivity index (χ2v) is 6.17. The first-order valence-electron chi connectivity index (χ1n) is 5.49. The van der Waals surface area contributed by atoms with E-state index in [4.69, 9.17) is 4.52 Å². The van der Waals surface area contributed by atoms with Gasteiger partial charge >= 0.3 is 10.2 Å². The standard InChI is InChI=1S/C10H13FN2O4S/c1-6(2)8-4-10(17-12-8)13-5-7(3-9(13)14)18(11,15)16/h4,6-7H,3,5H2,1-2H3. The van der Waals surface area contributed by atoms with Gasteiger partial charge < -0.3 is 4.52 Å². The van der Waals surface area contributed by atoms with Gasteiger partial charge in [0.15, 0.2) is 0 Å². The molecule has 0 aromatic carbocycles. The third-order valence-electron chi connectivity index (χ3n) is 2.86. The first-order valence-corrected chi connectivity index (χ1v) is 6.94. The van der Waals surface area contributed by atoms with Crippen molar-refractivity contribution in [2.75, 3.05) is 11.4 Å². The van der Waals surface area contributed by atoms with E-state index in [1.165, 1.54) is 0 Å². The lowest BCUT2D eigenvalue weighted by Crippen LogP contribution is -2.26. The zero-order valence-electron chi connectivity index (χ0n) is 9.96. The number of aromatic nitrogens is 1. The SMILES string of the molecule is CC(C)c1cc(N2CC(S(=O)(=O)F)CC2=O)on1. The van der Waals surface area contributed by atoms with E-state index in [0.717, 1.165) is 4.90 Å². The van der Waals surface area contributed by atoms with Crippen molar-refractivity contribution in [3.05, 3.63) is 11.8 Å². The van der Waals surface area contributed by atoms with Crippen LogP contribution in [0.5, 0.6) is 0 Å². The molecule has 1 saturated heterocycles. The Kier molecular flexibility index (Phi) is 3.14. The Labute approximate surface area is 104 Å². The molecular weight excluding hydrogens is 263 g/mol. The summed E-state index contributed by atoms with van der Waals surface area (Å²) < 4.78 is 39.4. The lowest BCUT2D eigenvalue weighted by atomic mass is 10.1. The van der Waals surface area contributed by atoms with E-state index in [-0.39, 0.29) is 24.8 Å². The summed E-state index contributed by atoms with van der Waals surface area (Å²) in [6.45, 7) is 3.58. The minimum atomic E-state index is -4.71. The molecule has 1 atom stereocenters. The molecule has 1 aromatic rings. The fourth-order valence-corrected chi connectivity index (χ4v) is 2.42. The zero-order chi connectivity index (χ0) is 13.5. The Morgan fingerprint density at radius 1 is 1.56 bits per heavy atom. The van der Waals surface area contributed by atoms with Crippen molar-refractivity contribution in [3.63, 3.8) is 0 Å². The summed E-state index contributed by atoms with van der Waals surface area (Å²) in [7, 11) is -4.71. The molecule has 1 unspecified atom stereocenters. The van der Waals surface area contributed by atoms with Gasteiger partial charge in [0.05, 0.1) is 5.69 Å². The normalized spacial score (nSPS) is 21.0. The predicted octanol–water partition coefficient (Wildman–Crippen LogP) is 1.20. The number of halogens is 1. The van der Waals surface area contributed by atoms with E-state index in [1.807, 2.05) is 13.8 Å². The molecule has 0 bridgehead atoms. The van der Waals surface area contributed by atoms with Crippen molar-refractivity contribution in [3.8, 4) is 0 Å². The van der Waals surface area contributed by atoms with Crippen LogP contribution >= 0.6 is 0 Å². The van der Waals surface area contributed by atoms with Gasteiger partial charge in [0, 0.05) is 19.0 Å². The topological polar surface area (TPSA) is 80.5 Å². The molecule has 1 aliphatic rings. The van der Waals surface area contributed by atoms with E-state index in [0.29, 0.717) is 5.69 Å². The Morgan fingerprint density at radius 3 is 2.67 bits per heavy atom. The van der Waals surface area contributed by atoms with Crippen LogP contribution in [-0.2, 0) is 15.0 Å². The highest BCUT2D eigenvalue weighted by atomic mass is 32.3. The maximum Gasteiger partial charge on any atom is 0.307 e. The number of carbonyl (C=O) groups excluding carboxylic acids is 1. The molecule has 1 aliphatic heterocycles. The van der Waals surface area contributed by atoms with E-state index >= 15 is 0 Å². The smallest absolute Gasteiger partial charge is 0.307 e. The Hall–Kier alpha value is -1.44. The molecule has 0 radical (unpaired) electrons. The van der Waals surface area contributed by atoms with Gasteiger partial charge in [0.25, 0.3) is 0 Å². The predicted molar refractivity (Wildman–Crippen MR) is 61.4 cm³/mol. The van der Waals surface area contributed by atoms with Gasteiger partial charge in [-0.1, -0.05) is 19.0 Å². The summed E-state index contributed by atoms with van der Waals surface area (Å²) in [5, 5.41) is 2.45. The van der Waals surface area contributed by atoms with Crippen LogP contribution in [0.25, 0.3) is 0 Å². The molecule has 18 heavy (non-hydrogen) atoms. The van der Waals surface area contributed by atoms with Gasteiger partial charge in [-0.2, -0.15) is 8.42 Å². The van der Waals surface area contributed by atoms with Crippen molar-refractivity contribution in [1.82, 2.24) is 5.16 Å². The summed E-state index contributed by atoms with van der Waals surface area (Å²) in [6.07, 6.45) is -0.365. The van der Waals surface area contributed by atoms with Crippen molar-refractivity contribution in [2.24, 2.45) is 0 Å². The van der Waals surface area contributed by atoms with E-state index in [1.54, 1.807) is 6.07 Å². The van der Waals surface area contributed by atoms with Crippen LogP contribution in [0.2, 0.25) is 0 Å². The Bertz CT molecular complexity index is 566. The summed E-state index contributed by atoms with van der Waals surface area (Å²) in [5.74, 6) is -0.191. The molecule has 8 heteroatoms. The molecule has 0 aliphatic carbocycles. The van der Waals surface area contributed by atoms with Crippen LogP contribution in [0, 0.1) is 0 Å². The van der Waals surface area contributed by atoms with Crippen LogP contribution < -0.4 is 4.90 Å². The third kappa shape index (κ3) is 2.38. The lowest BCUT2D eigenvalue weighted by Gasteiger charge is -2.10. The van der Waals surface area contributed by atoms with Crippen LogP contribution in [0.1, 0.15) is 31.9 Å². The van der Waals surface area contributed by atoms with E-state index < -0.39 is 21.4 Å². The monoisotopic (exact) mass is 276 g/mol. The average Bonchev–Trinajstić information content (AvgIpc) is 2.81. The van der Waals surface area contributed by atoms with Gasteiger partial charge in [-0.15, -0.1) is 3.89 Å². The Balaban J connectivity index is 2.22. The second kappa shape index (κ2) is 4.34. The number of anilines is 1. The number of nitrogens with zero attached hydrogens (tertiary/aromatic N) is 2. The largest absolute Gasteiger partial charge is 0.338 e. The molecule has 0 N–H and O–H groups in total. The summed E-state index contributed by atoms with van der Waals surface area (Å²) in [6, 6.07) is 1.57. The fourth-order valence-electron chi connectivity index (χ4n) is 1.75. The van der Waals surface area contributed by atoms with Crippen LogP contribution in [-0.4, -0.2) is 31.3 Å². The van der Waals surface area contributed by atoms with Crippen molar-refractivity contribution >= 4 is 22.0 Å². The summed E-state index contributed by atoms with van der Waals surface area (Å²) >= 11 is 0. The first-order chi connectivity index (χ1) is 8.29. The average molecular weight is 276 g/mol. The molecule has 2 rings (SSSR count). The number of hydrogen-bond acceptors (Lipinski definition) is 5. The van der Waals surface area contributed by atoms with Crippen molar-refractivity contribution in [1.29, 1.82) is 0 Å². The van der Waals surface area contributed by atoms with Gasteiger partial charge in [-0.05, 0) is 5.92 Å². The number of amides is 1.